The third-order valence-corrected chi connectivity index (χ3v) is 7.99. The molecule has 1 aliphatic carbocycles. The number of rotatable bonds is 5. The third-order valence-electron chi connectivity index (χ3n) is 3.47. The van der Waals surface area contributed by atoms with E-state index in [2.05, 4.69) is 15.9 Å². The van der Waals surface area contributed by atoms with Crippen LogP contribution in [0.15, 0.2) is 14.1 Å². The predicted molar refractivity (Wildman–Crippen MR) is 78.5 cm³/mol. The van der Waals surface area contributed by atoms with Crippen LogP contribution in [0, 0.1) is 12.8 Å². The molecule has 18 heavy (non-hydrogen) atoms. The smallest absolute Gasteiger partial charge is 0.206 e. The van der Waals surface area contributed by atoms with Crippen molar-refractivity contribution in [3.8, 4) is 0 Å². The first kappa shape index (κ1) is 14.5. The van der Waals surface area contributed by atoms with Gasteiger partial charge >= 0.3 is 0 Å². The largest absolute Gasteiger partial charge is 0.252 e. The molecular weight excluding hydrogens is 334 g/mol. The molecule has 0 aliphatic heterocycles. The molecule has 1 aromatic rings. The lowest BCUT2D eigenvalue weighted by Crippen LogP contribution is -2.36. The topological polar surface area (TPSA) is 37.4 Å². The molecule has 0 aromatic carbocycles. The van der Waals surface area contributed by atoms with E-state index >= 15 is 0 Å². The zero-order chi connectivity index (χ0) is 13.3. The maximum atomic E-state index is 12.5. The Morgan fingerprint density at radius 1 is 1.50 bits per heavy atom. The first-order valence-electron chi connectivity index (χ1n) is 6.21. The van der Waals surface area contributed by atoms with Gasteiger partial charge in [-0.2, -0.15) is 4.31 Å². The van der Waals surface area contributed by atoms with Crippen LogP contribution >= 0.6 is 27.3 Å². The molecule has 0 saturated heterocycles. The second kappa shape index (κ2) is 5.61. The maximum Gasteiger partial charge on any atom is 0.252 e. The zero-order valence-electron chi connectivity index (χ0n) is 10.6. The lowest BCUT2D eigenvalue weighted by molar-refractivity contribution is 0.250. The van der Waals surface area contributed by atoms with Crippen LogP contribution in [0.4, 0.5) is 0 Å². The Kier molecular flexibility index (Phi) is 4.52. The molecule has 1 heterocycles. The van der Waals surface area contributed by atoms with E-state index in [9.17, 15) is 8.42 Å². The molecular formula is C12H18BrNO2S2. The Bertz CT molecular complexity index is 501. The minimum atomic E-state index is -3.30. The van der Waals surface area contributed by atoms with Crippen molar-refractivity contribution in [2.24, 2.45) is 5.92 Å². The monoisotopic (exact) mass is 351 g/mol. The summed E-state index contributed by atoms with van der Waals surface area (Å²) in [5.41, 5.74) is 0.985. The van der Waals surface area contributed by atoms with Crippen LogP contribution in [0.25, 0.3) is 0 Å². The first-order chi connectivity index (χ1) is 8.45. The molecule has 0 unspecified atom stereocenters. The lowest BCUT2D eigenvalue weighted by atomic mass is 9.85. The van der Waals surface area contributed by atoms with Crippen molar-refractivity contribution in [3.63, 3.8) is 0 Å². The van der Waals surface area contributed by atoms with Crippen LogP contribution in [-0.4, -0.2) is 25.8 Å². The summed E-state index contributed by atoms with van der Waals surface area (Å²) in [4.78, 5) is 0. The van der Waals surface area contributed by atoms with Crippen LogP contribution in [0.3, 0.4) is 0 Å². The molecule has 0 atom stereocenters. The van der Waals surface area contributed by atoms with Crippen molar-refractivity contribution in [2.45, 2.75) is 37.3 Å². The fraction of sp³-hybridized carbons (Fsp3) is 0.667. The van der Waals surface area contributed by atoms with Gasteiger partial charge in [0.2, 0.25) is 0 Å². The van der Waals surface area contributed by atoms with Crippen LogP contribution in [0.2, 0.25) is 0 Å². The fourth-order valence-corrected chi connectivity index (χ4v) is 5.95. The molecule has 6 heteroatoms. The Labute approximate surface area is 121 Å². The first-order valence-corrected chi connectivity index (χ1v) is 9.26. The summed E-state index contributed by atoms with van der Waals surface area (Å²) in [6, 6.07) is 1.76. The standard InChI is InChI=1S/C12H18BrNO2S2/c1-3-14(8-10-5-4-6-10)18(15,16)11-7-9(2)12(13)17-11/h7,10H,3-6,8H2,1-2H3. The summed E-state index contributed by atoms with van der Waals surface area (Å²) in [6.07, 6.45) is 3.57. The second-order valence-electron chi connectivity index (χ2n) is 4.77. The van der Waals surface area contributed by atoms with E-state index in [4.69, 9.17) is 0 Å². The van der Waals surface area contributed by atoms with Crippen molar-refractivity contribution in [3.05, 3.63) is 15.4 Å². The predicted octanol–water partition coefficient (Wildman–Crippen LogP) is 3.63. The summed E-state index contributed by atoms with van der Waals surface area (Å²) >= 11 is 4.70. The van der Waals surface area contributed by atoms with Gasteiger partial charge in [0.05, 0.1) is 3.79 Å². The highest BCUT2D eigenvalue weighted by atomic mass is 79.9. The van der Waals surface area contributed by atoms with Crippen molar-refractivity contribution in [1.82, 2.24) is 4.31 Å². The highest BCUT2D eigenvalue weighted by Crippen LogP contribution is 2.34. The van der Waals surface area contributed by atoms with Gasteiger partial charge in [-0.25, -0.2) is 8.42 Å². The molecule has 1 aliphatic rings. The molecule has 3 nitrogen and oxygen atoms in total. The summed E-state index contributed by atoms with van der Waals surface area (Å²) in [5, 5.41) is 0. The number of halogens is 1. The van der Waals surface area contributed by atoms with Crippen molar-refractivity contribution < 1.29 is 8.42 Å². The Hall–Kier alpha value is 0.0900. The van der Waals surface area contributed by atoms with E-state index in [1.165, 1.54) is 30.6 Å². The van der Waals surface area contributed by atoms with Gasteiger partial charge in [0, 0.05) is 13.1 Å². The average molecular weight is 352 g/mol. The summed E-state index contributed by atoms with van der Waals surface area (Å²) < 4.78 is 28.0. The molecule has 102 valence electrons. The maximum absolute atomic E-state index is 12.5. The fourth-order valence-electron chi connectivity index (χ4n) is 2.05. The molecule has 0 radical (unpaired) electrons. The highest BCUT2D eigenvalue weighted by Gasteiger charge is 2.29. The number of hydrogen-bond donors (Lipinski definition) is 0. The highest BCUT2D eigenvalue weighted by molar-refractivity contribution is 9.11. The number of hydrogen-bond acceptors (Lipinski definition) is 3. The van der Waals surface area contributed by atoms with E-state index in [1.54, 1.807) is 10.4 Å². The van der Waals surface area contributed by atoms with Gasteiger partial charge in [0.25, 0.3) is 10.0 Å². The molecule has 1 saturated carbocycles. The molecule has 0 bridgehead atoms. The van der Waals surface area contributed by atoms with Gasteiger partial charge < -0.3 is 0 Å². The van der Waals surface area contributed by atoms with Crippen molar-refractivity contribution in [2.75, 3.05) is 13.1 Å². The number of sulfonamides is 1. The molecule has 2 rings (SSSR count). The van der Waals surface area contributed by atoms with Gasteiger partial charge in [-0.05, 0) is 53.2 Å². The van der Waals surface area contributed by atoms with Crippen LogP contribution in [0.5, 0.6) is 0 Å². The van der Waals surface area contributed by atoms with E-state index < -0.39 is 10.0 Å². The summed E-state index contributed by atoms with van der Waals surface area (Å²) in [5.74, 6) is 0.559. The quantitative estimate of drug-likeness (QED) is 0.812. The Morgan fingerprint density at radius 2 is 2.17 bits per heavy atom. The normalized spacial score (nSPS) is 17.1. The van der Waals surface area contributed by atoms with Gasteiger partial charge in [-0.1, -0.05) is 13.3 Å². The number of thiophene rings is 1. The number of nitrogens with zero attached hydrogens (tertiary/aromatic N) is 1. The second-order valence-corrected chi connectivity index (χ2v) is 9.31. The summed E-state index contributed by atoms with van der Waals surface area (Å²) in [6.45, 7) is 5.05. The zero-order valence-corrected chi connectivity index (χ0v) is 13.9. The van der Waals surface area contributed by atoms with E-state index in [0.717, 1.165) is 9.35 Å². The molecule has 0 amide bonds. The van der Waals surface area contributed by atoms with Crippen LogP contribution < -0.4 is 0 Å². The number of aryl methyl sites for hydroxylation is 1. The van der Waals surface area contributed by atoms with E-state index in [0.29, 0.717) is 23.2 Å². The van der Waals surface area contributed by atoms with E-state index in [1.807, 2.05) is 13.8 Å². The molecule has 0 spiro atoms. The average Bonchev–Trinajstić information content (AvgIpc) is 2.58. The SMILES string of the molecule is CCN(CC1CCC1)S(=O)(=O)c1cc(C)c(Br)s1. The Morgan fingerprint density at radius 3 is 2.56 bits per heavy atom. The van der Waals surface area contributed by atoms with Crippen LogP contribution in [-0.2, 0) is 10.0 Å². The molecule has 1 aromatic heterocycles. The van der Waals surface area contributed by atoms with Crippen LogP contribution in [0.1, 0.15) is 31.7 Å². The minimum Gasteiger partial charge on any atom is -0.206 e. The van der Waals surface area contributed by atoms with Gasteiger partial charge in [-0.15, -0.1) is 11.3 Å². The Balaban J connectivity index is 2.21. The third kappa shape index (κ3) is 2.81. The lowest BCUT2D eigenvalue weighted by Gasteiger charge is -2.30. The van der Waals surface area contributed by atoms with E-state index in [-0.39, 0.29) is 0 Å². The minimum absolute atomic E-state index is 0.452. The van der Waals surface area contributed by atoms with Crippen molar-refractivity contribution >= 4 is 37.3 Å². The van der Waals surface area contributed by atoms with Gasteiger partial charge in [-0.3, -0.25) is 0 Å². The van der Waals surface area contributed by atoms with Gasteiger partial charge in [0.1, 0.15) is 4.21 Å². The van der Waals surface area contributed by atoms with Gasteiger partial charge in [0.15, 0.2) is 0 Å². The molecule has 1 fully saturated rings. The summed E-state index contributed by atoms with van der Waals surface area (Å²) in [7, 11) is -3.30. The van der Waals surface area contributed by atoms with Crippen molar-refractivity contribution in [1.29, 1.82) is 0 Å². The molecule has 0 N–H and O–H groups in total.